The second kappa shape index (κ2) is 9.52. The molecule has 0 atom stereocenters. The van der Waals surface area contributed by atoms with Gasteiger partial charge in [0.15, 0.2) is 5.82 Å². The number of ether oxygens (including phenoxy) is 1. The van der Waals surface area contributed by atoms with Gasteiger partial charge in [-0.15, -0.1) is 11.7 Å². The molecule has 0 fully saturated rings. The summed E-state index contributed by atoms with van der Waals surface area (Å²) in [5.41, 5.74) is 2.43. The normalized spacial score (nSPS) is 10.8. The standard InChI is InChI=1S/C25H25N5O3/c1-4-14-29-17(2)21(15-22(31)26-16-18-10-12-20(33-3)13-11-18)24(32)30-25(29)27-23(28-30)19-8-6-5-7-9-19/h4-13H,1,14-16H2,2-3H3,(H,26,31). The van der Waals surface area contributed by atoms with Gasteiger partial charge in [-0.2, -0.15) is 9.50 Å². The lowest BCUT2D eigenvalue weighted by molar-refractivity contribution is -0.120. The Morgan fingerprint density at radius 3 is 2.55 bits per heavy atom. The molecule has 4 aromatic rings. The number of hydrogen-bond acceptors (Lipinski definition) is 5. The first-order valence-corrected chi connectivity index (χ1v) is 10.6. The molecule has 0 spiro atoms. The Kier molecular flexibility index (Phi) is 6.35. The van der Waals surface area contributed by atoms with Crippen molar-refractivity contribution in [2.75, 3.05) is 7.11 Å². The van der Waals surface area contributed by atoms with Gasteiger partial charge >= 0.3 is 0 Å². The van der Waals surface area contributed by atoms with Crippen molar-refractivity contribution in [3.8, 4) is 17.1 Å². The van der Waals surface area contributed by atoms with Crippen molar-refractivity contribution in [3.05, 3.63) is 94.4 Å². The van der Waals surface area contributed by atoms with Crippen LogP contribution in [0.1, 0.15) is 16.8 Å². The van der Waals surface area contributed by atoms with E-state index in [0.29, 0.717) is 35.9 Å². The molecule has 0 aliphatic rings. The Hall–Kier alpha value is -4.20. The Bertz CT molecular complexity index is 1360. The summed E-state index contributed by atoms with van der Waals surface area (Å²) < 4.78 is 8.27. The van der Waals surface area contributed by atoms with Crippen LogP contribution in [0.25, 0.3) is 17.2 Å². The van der Waals surface area contributed by atoms with Gasteiger partial charge in [0.1, 0.15) is 5.75 Å². The summed E-state index contributed by atoms with van der Waals surface area (Å²) in [6.07, 6.45) is 1.66. The van der Waals surface area contributed by atoms with E-state index in [1.807, 2.05) is 66.1 Å². The third kappa shape index (κ3) is 4.55. The van der Waals surface area contributed by atoms with Gasteiger partial charge in [0, 0.05) is 29.9 Å². The fourth-order valence-corrected chi connectivity index (χ4v) is 3.64. The average Bonchev–Trinajstić information content (AvgIpc) is 3.29. The Morgan fingerprint density at radius 2 is 1.88 bits per heavy atom. The van der Waals surface area contributed by atoms with Crippen LogP contribution in [0.2, 0.25) is 0 Å². The molecule has 0 saturated carbocycles. The second-order valence-electron chi connectivity index (χ2n) is 7.58. The van der Waals surface area contributed by atoms with Crippen LogP contribution >= 0.6 is 0 Å². The highest BCUT2D eigenvalue weighted by atomic mass is 16.5. The fourth-order valence-electron chi connectivity index (χ4n) is 3.64. The number of nitrogens with one attached hydrogen (secondary N) is 1. The molecule has 1 N–H and O–H groups in total. The van der Waals surface area contributed by atoms with Gasteiger partial charge in [-0.05, 0) is 24.6 Å². The molecular formula is C25H25N5O3. The maximum absolute atomic E-state index is 13.3. The number of carbonyl (C=O) groups excluding carboxylic acids is 1. The van der Waals surface area contributed by atoms with E-state index in [1.165, 1.54) is 4.52 Å². The van der Waals surface area contributed by atoms with E-state index < -0.39 is 0 Å². The van der Waals surface area contributed by atoms with Crippen molar-refractivity contribution in [2.45, 2.75) is 26.4 Å². The van der Waals surface area contributed by atoms with Crippen molar-refractivity contribution in [1.82, 2.24) is 24.5 Å². The molecule has 0 radical (unpaired) electrons. The molecule has 8 nitrogen and oxygen atoms in total. The maximum atomic E-state index is 13.3. The predicted octanol–water partition coefficient (Wildman–Crippen LogP) is 2.92. The Morgan fingerprint density at radius 1 is 1.15 bits per heavy atom. The van der Waals surface area contributed by atoms with Gasteiger partial charge in [-0.1, -0.05) is 48.5 Å². The monoisotopic (exact) mass is 443 g/mol. The number of aromatic nitrogens is 4. The second-order valence-corrected chi connectivity index (χ2v) is 7.58. The zero-order valence-corrected chi connectivity index (χ0v) is 18.6. The summed E-state index contributed by atoms with van der Waals surface area (Å²) >= 11 is 0. The van der Waals surface area contributed by atoms with Crippen LogP contribution in [0.15, 0.2) is 72.0 Å². The highest BCUT2D eigenvalue weighted by molar-refractivity contribution is 5.78. The first-order chi connectivity index (χ1) is 16.0. The summed E-state index contributed by atoms with van der Waals surface area (Å²) in [6, 6.07) is 16.9. The number of hydrogen-bond donors (Lipinski definition) is 1. The number of methoxy groups -OCH3 is 1. The maximum Gasteiger partial charge on any atom is 0.279 e. The lowest BCUT2D eigenvalue weighted by atomic mass is 10.1. The molecule has 8 heteroatoms. The Balaban J connectivity index is 1.64. The van der Waals surface area contributed by atoms with Crippen molar-refractivity contribution in [1.29, 1.82) is 0 Å². The number of carbonyl (C=O) groups is 1. The summed E-state index contributed by atoms with van der Waals surface area (Å²) in [5.74, 6) is 1.36. The van der Waals surface area contributed by atoms with Gasteiger partial charge in [0.05, 0.1) is 13.5 Å². The minimum Gasteiger partial charge on any atom is -0.497 e. The van der Waals surface area contributed by atoms with Crippen LogP contribution in [-0.4, -0.2) is 32.2 Å². The minimum absolute atomic E-state index is 0.0611. The van der Waals surface area contributed by atoms with Gasteiger partial charge in [-0.3, -0.25) is 9.59 Å². The molecule has 2 aromatic heterocycles. The lowest BCUT2D eigenvalue weighted by Crippen LogP contribution is -2.32. The molecule has 0 aliphatic carbocycles. The molecule has 0 bridgehead atoms. The van der Waals surface area contributed by atoms with E-state index in [-0.39, 0.29) is 17.9 Å². The first kappa shape index (κ1) is 22.0. The summed E-state index contributed by atoms with van der Waals surface area (Å²) in [4.78, 5) is 30.5. The topological polar surface area (TPSA) is 90.5 Å². The minimum atomic E-state index is -0.350. The van der Waals surface area contributed by atoms with E-state index >= 15 is 0 Å². The number of benzene rings is 2. The van der Waals surface area contributed by atoms with Crippen LogP contribution < -0.4 is 15.6 Å². The van der Waals surface area contributed by atoms with Crippen molar-refractivity contribution < 1.29 is 9.53 Å². The molecule has 33 heavy (non-hydrogen) atoms. The van der Waals surface area contributed by atoms with E-state index in [1.54, 1.807) is 13.2 Å². The third-order valence-corrected chi connectivity index (χ3v) is 5.45. The number of rotatable bonds is 8. The summed E-state index contributed by atoms with van der Waals surface area (Å²) in [7, 11) is 1.60. The predicted molar refractivity (Wildman–Crippen MR) is 126 cm³/mol. The zero-order chi connectivity index (χ0) is 23.4. The molecule has 0 aliphatic heterocycles. The number of allylic oxidation sites excluding steroid dienone is 1. The smallest absolute Gasteiger partial charge is 0.279 e. The van der Waals surface area contributed by atoms with E-state index in [0.717, 1.165) is 16.9 Å². The molecule has 4 rings (SSSR count). The van der Waals surface area contributed by atoms with Crippen LogP contribution in [0.4, 0.5) is 0 Å². The zero-order valence-electron chi connectivity index (χ0n) is 18.6. The van der Waals surface area contributed by atoms with Crippen LogP contribution in [0, 0.1) is 6.92 Å². The highest BCUT2D eigenvalue weighted by Gasteiger charge is 2.20. The molecule has 0 saturated heterocycles. The van der Waals surface area contributed by atoms with Crippen molar-refractivity contribution in [3.63, 3.8) is 0 Å². The van der Waals surface area contributed by atoms with Crippen LogP contribution in [0.5, 0.6) is 5.75 Å². The molecular weight excluding hydrogens is 418 g/mol. The van der Waals surface area contributed by atoms with Crippen molar-refractivity contribution >= 4 is 11.7 Å². The van der Waals surface area contributed by atoms with Crippen LogP contribution in [-0.2, 0) is 24.3 Å². The molecule has 168 valence electrons. The summed E-state index contributed by atoms with van der Waals surface area (Å²) in [6.45, 7) is 6.41. The number of fused-ring (bicyclic) bond motifs is 1. The third-order valence-electron chi connectivity index (χ3n) is 5.45. The lowest BCUT2D eigenvalue weighted by Gasteiger charge is -2.14. The van der Waals surface area contributed by atoms with Gasteiger partial charge < -0.3 is 14.6 Å². The largest absolute Gasteiger partial charge is 0.497 e. The van der Waals surface area contributed by atoms with Crippen LogP contribution in [0.3, 0.4) is 0 Å². The number of nitrogens with zero attached hydrogens (tertiary/aromatic N) is 4. The van der Waals surface area contributed by atoms with E-state index in [4.69, 9.17) is 4.74 Å². The SMILES string of the molecule is C=CCn1c(C)c(CC(=O)NCc2ccc(OC)cc2)c(=O)n2nc(-c3ccccc3)nc12. The van der Waals surface area contributed by atoms with E-state index in [2.05, 4.69) is 22.0 Å². The van der Waals surface area contributed by atoms with Gasteiger partial charge in [-0.25, -0.2) is 0 Å². The van der Waals surface area contributed by atoms with E-state index in [9.17, 15) is 9.59 Å². The molecule has 2 heterocycles. The van der Waals surface area contributed by atoms with Crippen molar-refractivity contribution in [2.24, 2.45) is 0 Å². The average molecular weight is 444 g/mol. The Labute approximate surface area is 191 Å². The quantitative estimate of drug-likeness (QED) is 0.423. The van der Waals surface area contributed by atoms with Gasteiger partial charge in [0.2, 0.25) is 11.7 Å². The molecule has 0 unspecified atom stereocenters. The summed E-state index contributed by atoms with van der Waals surface area (Å²) in [5, 5.41) is 7.32. The molecule has 2 aromatic carbocycles. The highest BCUT2D eigenvalue weighted by Crippen LogP contribution is 2.17. The molecule has 1 amide bonds. The van der Waals surface area contributed by atoms with Gasteiger partial charge in [0.25, 0.3) is 5.56 Å². The first-order valence-electron chi connectivity index (χ1n) is 10.6. The fraction of sp³-hybridized carbons (Fsp3) is 0.200. The number of amides is 1.